The predicted molar refractivity (Wildman–Crippen MR) is 123 cm³/mol. The molecule has 1 aromatic heterocycles. The minimum Gasteiger partial charge on any atom is -0.332 e. The molecule has 0 unspecified atom stereocenters. The summed E-state index contributed by atoms with van der Waals surface area (Å²) in [4.78, 5) is 17.1. The Morgan fingerprint density at radius 1 is 1.00 bits per heavy atom. The van der Waals surface area contributed by atoms with Crippen LogP contribution in [0.2, 0.25) is 0 Å². The van der Waals surface area contributed by atoms with Crippen LogP contribution in [0, 0.1) is 0 Å². The molecule has 138 valence electrons. The van der Waals surface area contributed by atoms with E-state index in [0.717, 1.165) is 30.9 Å². The molecule has 1 heterocycles. The maximum Gasteiger partial charge on any atom is 0.257 e. The van der Waals surface area contributed by atoms with Crippen LogP contribution in [0.25, 0.3) is 20.8 Å². The first-order valence-electron chi connectivity index (χ1n) is 8.43. The smallest absolute Gasteiger partial charge is 0.257 e. The van der Waals surface area contributed by atoms with Gasteiger partial charge in [-0.25, -0.2) is 4.98 Å². The molecule has 7 heteroatoms. The molecule has 2 N–H and O–H groups in total. The number of thiazole rings is 1. The Morgan fingerprint density at radius 3 is 2.61 bits per heavy atom. The third-order valence-corrected chi connectivity index (χ3v) is 5.78. The van der Waals surface area contributed by atoms with Gasteiger partial charge < -0.3 is 5.32 Å². The van der Waals surface area contributed by atoms with E-state index in [1.54, 1.807) is 29.5 Å². The number of aromatic nitrogens is 1. The number of hydrogen-bond donors (Lipinski definition) is 2. The van der Waals surface area contributed by atoms with Gasteiger partial charge in [0, 0.05) is 15.6 Å². The largest absolute Gasteiger partial charge is 0.332 e. The highest BCUT2D eigenvalue weighted by Gasteiger charge is 2.13. The molecule has 0 fully saturated rings. The second kappa shape index (κ2) is 8.18. The molecule has 0 atom stereocenters. The lowest BCUT2D eigenvalue weighted by Crippen LogP contribution is -2.34. The molecule has 0 aliphatic rings. The van der Waals surface area contributed by atoms with Crippen molar-refractivity contribution in [1.29, 1.82) is 0 Å². The number of rotatable bonds is 3. The lowest BCUT2D eigenvalue weighted by atomic mass is 10.2. The topological polar surface area (TPSA) is 54.0 Å². The van der Waals surface area contributed by atoms with Crippen molar-refractivity contribution in [1.82, 2.24) is 10.3 Å². The van der Waals surface area contributed by atoms with Crippen LogP contribution in [0.1, 0.15) is 10.4 Å². The average molecular weight is 468 g/mol. The fourth-order valence-electron chi connectivity index (χ4n) is 2.72. The van der Waals surface area contributed by atoms with E-state index in [2.05, 4.69) is 32.6 Å². The van der Waals surface area contributed by atoms with E-state index in [4.69, 9.17) is 17.2 Å². The third-order valence-electron chi connectivity index (χ3n) is 4.01. The highest BCUT2D eigenvalue weighted by Crippen LogP contribution is 2.34. The van der Waals surface area contributed by atoms with Gasteiger partial charge in [0.25, 0.3) is 5.91 Å². The predicted octanol–water partition coefficient (Wildman–Crippen LogP) is 5.85. The minimum absolute atomic E-state index is 0.235. The van der Waals surface area contributed by atoms with Crippen molar-refractivity contribution in [3.63, 3.8) is 0 Å². The zero-order chi connectivity index (χ0) is 19.5. The van der Waals surface area contributed by atoms with E-state index < -0.39 is 0 Å². The number of carbonyl (C=O) groups is 1. The van der Waals surface area contributed by atoms with Crippen LogP contribution < -0.4 is 10.6 Å². The number of benzene rings is 3. The van der Waals surface area contributed by atoms with E-state index in [-0.39, 0.29) is 11.0 Å². The number of nitrogens with zero attached hydrogens (tertiary/aromatic N) is 1. The Bertz CT molecular complexity index is 1160. The molecule has 1 amide bonds. The van der Waals surface area contributed by atoms with Gasteiger partial charge in [-0.1, -0.05) is 46.3 Å². The van der Waals surface area contributed by atoms with Crippen molar-refractivity contribution in [2.45, 2.75) is 0 Å². The second-order valence-corrected chi connectivity index (χ2v) is 8.31. The van der Waals surface area contributed by atoms with Gasteiger partial charge in [-0.05, 0) is 54.7 Å². The maximum atomic E-state index is 12.4. The summed E-state index contributed by atoms with van der Waals surface area (Å²) < 4.78 is 1.96. The van der Waals surface area contributed by atoms with Crippen molar-refractivity contribution < 1.29 is 4.79 Å². The molecule has 0 spiro atoms. The summed E-state index contributed by atoms with van der Waals surface area (Å²) in [6, 6.07) is 22.9. The van der Waals surface area contributed by atoms with Gasteiger partial charge >= 0.3 is 0 Å². The second-order valence-electron chi connectivity index (χ2n) is 5.95. The monoisotopic (exact) mass is 467 g/mol. The Kier molecular flexibility index (Phi) is 5.47. The van der Waals surface area contributed by atoms with Crippen LogP contribution in [-0.2, 0) is 0 Å². The lowest BCUT2D eigenvalue weighted by Gasteiger charge is -2.12. The summed E-state index contributed by atoms with van der Waals surface area (Å²) in [5.74, 6) is -0.267. The Hall–Kier alpha value is -2.61. The van der Waals surface area contributed by atoms with Crippen molar-refractivity contribution in [3.05, 3.63) is 82.8 Å². The SMILES string of the molecule is O=C(NC(=S)Nc1ccccc1-c1nc2ccccc2s1)c1cccc(Br)c1. The summed E-state index contributed by atoms with van der Waals surface area (Å²) in [6.45, 7) is 0. The molecule has 0 aliphatic carbocycles. The fourth-order valence-corrected chi connectivity index (χ4v) is 4.33. The van der Waals surface area contributed by atoms with Gasteiger partial charge in [-0.2, -0.15) is 0 Å². The number of amides is 1. The number of hydrogen-bond acceptors (Lipinski definition) is 4. The van der Waals surface area contributed by atoms with E-state index in [1.807, 2.05) is 48.5 Å². The molecule has 4 nitrogen and oxygen atoms in total. The molecule has 0 saturated heterocycles. The molecule has 0 aliphatic heterocycles. The quantitative estimate of drug-likeness (QED) is 0.370. The van der Waals surface area contributed by atoms with Crippen LogP contribution >= 0.6 is 39.5 Å². The fraction of sp³-hybridized carbons (Fsp3) is 0. The number of anilines is 1. The van der Waals surface area contributed by atoms with Gasteiger partial charge in [0.05, 0.1) is 15.9 Å². The Morgan fingerprint density at radius 2 is 1.79 bits per heavy atom. The van der Waals surface area contributed by atoms with Crippen molar-refractivity contribution >= 4 is 66.4 Å². The summed E-state index contributed by atoms with van der Waals surface area (Å²) in [5, 5.41) is 6.97. The highest BCUT2D eigenvalue weighted by atomic mass is 79.9. The molecule has 3 aromatic carbocycles. The van der Waals surface area contributed by atoms with Crippen LogP contribution in [-0.4, -0.2) is 16.0 Å². The number of nitrogens with one attached hydrogen (secondary N) is 2. The maximum absolute atomic E-state index is 12.4. The van der Waals surface area contributed by atoms with E-state index in [9.17, 15) is 4.79 Å². The Labute approximate surface area is 179 Å². The lowest BCUT2D eigenvalue weighted by molar-refractivity contribution is 0.0977. The molecular formula is C21H14BrN3OS2. The van der Waals surface area contributed by atoms with Gasteiger partial charge in [0.1, 0.15) is 5.01 Å². The molecule has 0 saturated carbocycles. The van der Waals surface area contributed by atoms with Crippen molar-refractivity contribution in [3.8, 4) is 10.6 Å². The van der Waals surface area contributed by atoms with Gasteiger partial charge in [0.15, 0.2) is 5.11 Å². The average Bonchev–Trinajstić information content (AvgIpc) is 3.12. The molecule has 0 radical (unpaired) electrons. The number of para-hydroxylation sites is 2. The number of fused-ring (bicyclic) bond motifs is 1. The van der Waals surface area contributed by atoms with Gasteiger partial charge in [-0.3, -0.25) is 10.1 Å². The first-order valence-corrected chi connectivity index (χ1v) is 10.4. The molecule has 4 aromatic rings. The van der Waals surface area contributed by atoms with Gasteiger partial charge in [-0.15, -0.1) is 11.3 Å². The molecule has 4 rings (SSSR count). The summed E-state index contributed by atoms with van der Waals surface area (Å²) >= 11 is 10.3. The number of halogens is 1. The van der Waals surface area contributed by atoms with Crippen LogP contribution in [0.15, 0.2) is 77.3 Å². The van der Waals surface area contributed by atoms with Crippen molar-refractivity contribution in [2.24, 2.45) is 0 Å². The van der Waals surface area contributed by atoms with Crippen molar-refractivity contribution in [2.75, 3.05) is 5.32 Å². The van der Waals surface area contributed by atoms with E-state index in [0.29, 0.717) is 5.56 Å². The Balaban J connectivity index is 1.55. The standard InChI is InChI=1S/C21H14BrN3OS2/c22-14-7-5-6-13(12-14)19(26)25-21(27)24-16-9-2-1-8-15(16)20-23-17-10-3-4-11-18(17)28-20/h1-12H,(H2,24,25,26,27). The van der Waals surface area contributed by atoms with Crippen LogP contribution in [0.3, 0.4) is 0 Å². The number of thiocarbonyl (C=S) groups is 1. The van der Waals surface area contributed by atoms with E-state index >= 15 is 0 Å². The van der Waals surface area contributed by atoms with Gasteiger partial charge in [0.2, 0.25) is 0 Å². The van der Waals surface area contributed by atoms with E-state index in [1.165, 1.54) is 0 Å². The first kappa shape index (κ1) is 18.7. The molecular weight excluding hydrogens is 454 g/mol. The molecule has 0 bridgehead atoms. The zero-order valence-electron chi connectivity index (χ0n) is 14.5. The third kappa shape index (κ3) is 4.11. The van der Waals surface area contributed by atoms with Crippen LogP contribution in [0.5, 0.6) is 0 Å². The normalized spacial score (nSPS) is 10.6. The summed E-state index contributed by atoms with van der Waals surface area (Å²) in [5.41, 5.74) is 3.21. The summed E-state index contributed by atoms with van der Waals surface area (Å²) in [6.07, 6.45) is 0. The minimum atomic E-state index is -0.267. The summed E-state index contributed by atoms with van der Waals surface area (Å²) in [7, 11) is 0. The first-order chi connectivity index (χ1) is 13.6. The molecule has 28 heavy (non-hydrogen) atoms. The number of carbonyl (C=O) groups excluding carboxylic acids is 1. The zero-order valence-corrected chi connectivity index (χ0v) is 17.7. The van der Waals surface area contributed by atoms with Crippen LogP contribution in [0.4, 0.5) is 5.69 Å². The highest BCUT2D eigenvalue weighted by molar-refractivity contribution is 9.10.